The van der Waals surface area contributed by atoms with Crippen LogP contribution < -0.4 is 16.0 Å². The Bertz CT molecular complexity index is 936. The van der Waals surface area contributed by atoms with Crippen LogP contribution in [0, 0.1) is 0 Å². The molecule has 0 aliphatic rings. The van der Waals surface area contributed by atoms with Crippen molar-refractivity contribution in [1.29, 1.82) is 0 Å². The maximum atomic E-state index is 12.1. The van der Waals surface area contributed by atoms with Gasteiger partial charge in [0.05, 0.1) is 19.4 Å². The Balaban J connectivity index is 1.46. The first-order chi connectivity index (χ1) is 13.6. The van der Waals surface area contributed by atoms with Gasteiger partial charge in [-0.2, -0.15) is 0 Å². The van der Waals surface area contributed by atoms with E-state index in [1.165, 1.54) is 6.26 Å². The third-order valence-corrected chi connectivity index (χ3v) is 3.89. The number of anilines is 1. The highest BCUT2D eigenvalue weighted by Gasteiger charge is 2.10. The third kappa shape index (κ3) is 5.31. The number of rotatable bonds is 7. The molecule has 0 saturated heterocycles. The highest BCUT2D eigenvalue weighted by Crippen LogP contribution is 2.11. The van der Waals surface area contributed by atoms with Gasteiger partial charge in [-0.1, -0.05) is 18.2 Å². The predicted octanol–water partition coefficient (Wildman–Crippen LogP) is 2.58. The predicted molar refractivity (Wildman–Crippen MR) is 104 cm³/mol. The van der Waals surface area contributed by atoms with Crippen molar-refractivity contribution in [3.05, 3.63) is 89.9 Å². The lowest BCUT2D eigenvalue weighted by atomic mass is 10.1. The molecule has 0 fully saturated rings. The molecule has 0 unspecified atom stereocenters. The van der Waals surface area contributed by atoms with Gasteiger partial charge in [0.15, 0.2) is 0 Å². The number of hydrogen-bond acceptors (Lipinski definition) is 4. The van der Waals surface area contributed by atoms with Crippen LogP contribution >= 0.6 is 0 Å². The number of carbonyl (C=O) groups excluding carboxylic acids is 3. The van der Waals surface area contributed by atoms with E-state index in [4.69, 9.17) is 4.42 Å². The van der Waals surface area contributed by atoms with Crippen LogP contribution in [-0.4, -0.2) is 24.3 Å². The molecule has 0 atom stereocenters. The molecule has 3 N–H and O–H groups in total. The van der Waals surface area contributed by atoms with Crippen LogP contribution in [-0.2, 0) is 11.3 Å². The van der Waals surface area contributed by atoms with Gasteiger partial charge in [-0.3, -0.25) is 14.4 Å². The van der Waals surface area contributed by atoms with Crippen molar-refractivity contribution >= 4 is 23.4 Å². The summed E-state index contributed by atoms with van der Waals surface area (Å²) in [5, 5.41) is 7.95. The molecule has 1 aromatic heterocycles. The molecule has 7 nitrogen and oxygen atoms in total. The molecule has 7 heteroatoms. The molecule has 0 spiro atoms. The topological polar surface area (TPSA) is 100 Å². The van der Waals surface area contributed by atoms with Crippen molar-refractivity contribution in [3.63, 3.8) is 0 Å². The molecule has 28 heavy (non-hydrogen) atoms. The smallest absolute Gasteiger partial charge is 0.255 e. The van der Waals surface area contributed by atoms with Crippen LogP contribution in [0.2, 0.25) is 0 Å². The summed E-state index contributed by atoms with van der Waals surface area (Å²) in [5.74, 6) is -0.301. The largest absolute Gasteiger partial charge is 0.467 e. The van der Waals surface area contributed by atoms with Crippen molar-refractivity contribution in [3.8, 4) is 0 Å². The van der Waals surface area contributed by atoms with Gasteiger partial charge in [-0.25, -0.2) is 0 Å². The molecular formula is C21H19N3O4. The minimum absolute atomic E-state index is 0.147. The lowest BCUT2D eigenvalue weighted by Gasteiger charge is -2.08. The first kappa shape index (κ1) is 18.9. The summed E-state index contributed by atoms with van der Waals surface area (Å²) < 4.78 is 5.11. The highest BCUT2D eigenvalue weighted by molar-refractivity contribution is 6.04. The molecule has 3 rings (SSSR count). The second-order valence-corrected chi connectivity index (χ2v) is 5.94. The van der Waals surface area contributed by atoms with Gasteiger partial charge in [0, 0.05) is 16.8 Å². The van der Waals surface area contributed by atoms with E-state index in [9.17, 15) is 14.4 Å². The molecule has 0 saturated carbocycles. The van der Waals surface area contributed by atoms with Gasteiger partial charge in [-0.15, -0.1) is 0 Å². The van der Waals surface area contributed by atoms with E-state index in [0.717, 1.165) is 0 Å². The molecule has 0 aliphatic heterocycles. The quantitative estimate of drug-likeness (QED) is 0.589. The lowest BCUT2D eigenvalue weighted by Crippen LogP contribution is -2.36. The van der Waals surface area contributed by atoms with Crippen LogP contribution in [0.5, 0.6) is 0 Å². The van der Waals surface area contributed by atoms with E-state index in [1.54, 1.807) is 60.7 Å². The third-order valence-electron chi connectivity index (χ3n) is 3.89. The molecule has 142 valence electrons. The summed E-state index contributed by atoms with van der Waals surface area (Å²) in [7, 11) is 0. The van der Waals surface area contributed by atoms with Crippen molar-refractivity contribution in [2.45, 2.75) is 6.54 Å². The number of carbonyl (C=O) groups is 3. The van der Waals surface area contributed by atoms with Crippen LogP contribution in [0.25, 0.3) is 0 Å². The van der Waals surface area contributed by atoms with Gasteiger partial charge in [0.2, 0.25) is 5.91 Å². The summed E-state index contributed by atoms with van der Waals surface area (Å²) in [6.07, 6.45) is 1.52. The van der Waals surface area contributed by atoms with E-state index in [1.807, 2.05) is 6.07 Å². The van der Waals surface area contributed by atoms with Crippen molar-refractivity contribution in [2.24, 2.45) is 0 Å². The van der Waals surface area contributed by atoms with Gasteiger partial charge < -0.3 is 20.4 Å². The Morgan fingerprint density at radius 1 is 0.750 bits per heavy atom. The molecule has 3 aromatic rings. The number of nitrogens with one attached hydrogen (secondary N) is 3. The monoisotopic (exact) mass is 377 g/mol. The molecule has 0 bridgehead atoms. The average Bonchev–Trinajstić information content (AvgIpc) is 3.25. The van der Waals surface area contributed by atoms with Gasteiger partial charge in [-0.05, 0) is 48.5 Å². The minimum Gasteiger partial charge on any atom is -0.467 e. The zero-order valence-corrected chi connectivity index (χ0v) is 15.0. The molecular weight excluding hydrogens is 358 g/mol. The maximum absolute atomic E-state index is 12.1. The maximum Gasteiger partial charge on any atom is 0.255 e. The van der Waals surface area contributed by atoms with Crippen LogP contribution in [0.4, 0.5) is 5.69 Å². The van der Waals surface area contributed by atoms with Crippen LogP contribution in [0.3, 0.4) is 0 Å². The zero-order chi connectivity index (χ0) is 19.8. The summed E-state index contributed by atoms with van der Waals surface area (Å²) in [4.78, 5) is 36.0. The summed E-state index contributed by atoms with van der Waals surface area (Å²) >= 11 is 0. The van der Waals surface area contributed by atoms with Crippen LogP contribution in [0.1, 0.15) is 26.5 Å². The summed E-state index contributed by atoms with van der Waals surface area (Å²) in [6, 6.07) is 18.7. The van der Waals surface area contributed by atoms with Gasteiger partial charge >= 0.3 is 0 Å². The SMILES string of the molecule is O=C(CNC(=O)c1ccc(NC(=O)c2ccccc2)cc1)NCc1ccco1. The Hall–Kier alpha value is -3.87. The van der Waals surface area contributed by atoms with Crippen molar-refractivity contribution in [1.82, 2.24) is 10.6 Å². The van der Waals surface area contributed by atoms with E-state index < -0.39 is 0 Å². The van der Waals surface area contributed by atoms with Crippen molar-refractivity contribution in [2.75, 3.05) is 11.9 Å². The minimum atomic E-state index is -0.380. The molecule has 0 radical (unpaired) electrons. The Labute approximate surface area is 161 Å². The Kier molecular flexibility index (Phi) is 6.20. The van der Waals surface area contributed by atoms with E-state index >= 15 is 0 Å². The fourth-order valence-electron chi connectivity index (χ4n) is 2.42. The molecule has 2 aromatic carbocycles. The van der Waals surface area contributed by atoms with E-state index in [-0.39, 0.29) is 30.8 Å². The highest BCUT2D eigenvalue weighted by atomic mass is 16.3. The molecule has 1 heterocycles. The normalized spacial score (nSPS) is 10.1. The molecule has 0 aliphatic carbocycles. The second-order valence-electron chi connectivity index (χ2n) is 5.94. The second kappa shape index (κ2) is 9.18. The zero-order valence-electron chi connectivity index (χ0n) is 15.0. The lowest BCUT2D eigenvalue weighted by molar-refractivity contribution is -0.120. The fraction of sp³-hybridized carbons (Fsp3) is 0.0952. The molecule has 3 amide bonds. The van der Waals surface area contributed by atoms with E-state index in [2.05, 4.69) is 16.0 Å². The number of furan rings is 1. The number of hydrogen-bond donors (Lipinski definition) is 3. The van der Waals surface area contributed by atoms with Crippen molar-refractivity contribution < 1.29 is 18.8 Å². The van der Waals surface area contributed by atoms with Gasteiger partial charge in [0.25, 0.3) is 11.8 Å². The first-order valence-electron chi connectivity index (χ1n) is 8.65. The van der Waals surface area contributed by atoms with Gasteiger partial charge in [0.1, 0.15) is 5.76 Å². The Morgan fingerprint density at radius 2 is 1.46 bits per heavy atom. The summed E-state index contributed by atoms with van der Waals surface area (Å²) in [5.41, 5.74) is 1.50. The average molecular weight is 377 g/mol. The first-order valence-corrected chi connectivity index (χ1v) is 8.65. The number of benzene rings is 2. The number of amides is 3. The Morgan fingerprint density at radius 3 is 2.14 bits per heavy atom. The van der Waals surface area contributed by atoms with E-state index in [0.29, 0.717) is 22.6 Å². The fourth-order valence-corrected chi connectivity index (χ4v) is 2.42. The standard InChI is InChI=1S/C21H19N3O4/c25-19(22-13-18-7-4-12-28-18)14-23-20(26)16-8-10-17(11-9-16)24-21(27)15-5-2-1-3-6-15/h1-12H,13-14H2,(H,22,25)(H,23,26)(H,24,27). The summed E-state index contributed by atoms with van der Waals surface area (Å²) in [6.45, 7) is 0.115. The van der Waals surface area contributed by atoms with Crippen LogP contribution in [0.15, 0.2) is 77.4 Å².